The molecule has 1 aromatic carbocycles. The van der Waals surface area contributed by atoms with Crippen LogP contribution in [0.4, 0.5) is 10.1 Å². The molecule has 5 heteroatoms. The van der Waals surface area contributed by atoms with Crippen molar-refractivity contribution in [1.29, 1.82) is 0 Å². The zero-order valence-electron chi connectivity index (χ0n) is 13.2. The molecule has 116 valence electrons. The quantitative estimate of drug-likeness (QED) is 0.894. The molecule has 2 N–H and O–H groups in total. The van der Waals surface area contributed by atoms with Crippen LogP contribution in [0.1, 0.15) is 39.3 Å². The molecule has 0 bridgehead atoms. The molecule has 1 atom stereocenters. The van der Waals surface area contributed by atoms with E-state index in [2.05, 4.69) is 10.6 Å². The summed E-state index contributed by atoms with van der Waals surface area (Å²) in [6, 6.07) is 5.37. The third-order valence-electron chi connectivity index (χ3n) is 4.12. The Morgan fingerprint density at radius 2 is 2.19 bits per heavy atom. The number of hydrogen-bond donors (Lipinski definition) is 2. The van der Waals surface area contributed by atoms with Crippen molar-refractivity contribution in [3.63, 3.8) is 0 Å². The van der Waals surface area contributed by atoms with E-state index in [0.717, 1.165) is 12.1 Å². The molecule has 1 aromatic rings. The van der Waals surface area contributed by atoms with Crippen LogP contribution in [0.15, 0.2) is 18.2 Å². The van der Waals surface area contributed by atoms with Crippen LogP contribution < -0.4 is 15.5 Å². The minimum atomic E-state index is -0.742. The first-order valence-electron chi connectivity index (χ1n) is 7.46. The summed E-state index contributed by atoms with van der Waals surface area (Å²) in [5, 5.41) is 6.09. The molecule has 4 nitrogen and oxygen atoms in total. The van der Waals surface area contributed by atoms with Gasteiger partial charge in [0, 0.05) is 19.1 Å². The second kappa shape index (κ2) is 6.02. The molecule has 1 saturated heterocycles. The Hall–Kier alpha value is -1.62. The zero-order chi connectivity index (χ0) is 15.6. The lowest BCUT2D eigenvalue weighted by atomic mass is 9.97. The van der Waals surface area contributed by atoms with Gasteiger partial charge in [-0.1, -0.05) is 13.0 Å². The van der Waals surface area contributed by atoms with Gasteiger partial charge >= 0.3 is 0 Å². The predicted octanol–water partition coefficient (Wildman–Crippen LogP) is 2.21. The number of halogens is 1. The summed E-state index contributed by atoms with van der Waals surface area (Å²) < 4.78 is 14.5. The number of anilines is 1. The van der Waals surface area contributed by atoms with Crippen molar-refractivity contribution in [2.45, 2.75) is 39.3 Å². The highest BCUT2D eigenvalue weighted by molar-refractivity contribution is 5.90. The first-order valence-corrected chi connectivity index (χ1v) is 7.46. The van der Waals surface area contributed by atoms with Crippen molar-refractivity contribution in [3.8, 4) is 0 Å². The van der Waals surface area contributed by atoms with Crippen LogP contribution in [-0.2, 0) is 4.79 Å². The van der Waals surface area contributed by atoms with Crippen LogP contribution in [-0.4, -0.2) is 31.1 Å². The lowest BCUT2D eigenvalue weighted by Crippen LogP contribution is -2.62. The van der Waals surface area contributed by atoms with Crippen LogP contribution in [0.25, 0.3) is 0 Å². The molecule has 0 spiro atoms. The molecule has 0 radical (unpaired) electrons. The summed E-state index contributed by atoms with van der Waals surface area (Å²) in [5.74, 6) is -0.349. The van der Waals surface area contributed by atoms with Gasteiger partial charge in [-0.3, -0.25) is 4.79 Å². The summed E-state index contributed by atoms with van der Waals surface area (Å²) in [5.41, 5.74) is 0.660. The van der Waals surface area contributed by atoms with E-state index in [4.69, 9.17) is 0 Å². The van der Waals surface area contributed by atoms with Crippen LogP contribution in [0, 0.1) is 5.82 Å². The molecule has 21 heavy (non-hydrogen) atoms. The van der Waals surface area contributed by atoms with Crippen molar-refractivity contribution in [2.24, 2.45) is 0 Å². The molecular formula is C16H24FN3O. The number of benzene rings is 1. The van der Waals surface area contributed by atoms with Gasteiger partial charge in [0.1, 0.15) is 11.4 Å². The molecular weight excluding hydrogens is 269 g/mol. The molecule has 1 fully saturated rings. The van der Waals surface area contributed by atoms with Crippen molar-refractivity contribution >= 4 is 11.6 Å². The number of carbonyl (C=O) groups is 1. The minimum Gasteiger partial charge on any atom is -0.353 e. The van der Waals surface area contributed by atoms with Gasteiger partial charge in [0.05, 0.1) is 5.69 Å². The van der Waals surface area contributed by atoms with E-state index < -0.39 is 5.54 Å². The topological polar surface area (TPSA) is 44.4 Å². The van der Waals surface area contributed by atoms with Crippen molar-refractivity contribution in [1.82, 2.24) is 10.6 Å². The fourth-order valence-corrected chi connectivity index (χ4v) is 2.76. The number of piperazine rings is 1. The second-order valence-corrected chi connectivity index (χ2v) is 5.96. The number of hydrogen-bond acceptors (Lipinski definition) is 3. The van der Waals surface area contributed by atoms with Crippen LogP contribution in [0.3, 0.4) is 0 Å². The van der Waals surface area contributed by atoms with Gasteiger partial charge < -0.3 is 15.5 Å². The molecule has 1 unspecified atom stereocenters. The summed E-state index contributed by atoms with van der Waals surface area (Å²) in [4.78, 5) is 13.8. The summed E-state index contributed by atoms with van der Waals surface area (Å²) in [6.07, 6.45) is 0. The van der Waals surface area contributed by atoms with E-state index in [1.807, 2.05) is 38.7 Å². The number of nitrogens with one attached hydrogen (secondary N) is 2. The fraction of sp³-hybridized carbons (Fsp3) is 0.562. The Kier molecular flexibility index (Phi) is 4.52. The molecule has 0 aliphatic carbocycles. The average Bonchev–Trinajstić information content (AvgIpc) is 2.42. The molecule has 1 aliphatic heterocycles. The number of carbonyl (C=O) groups excluding carboxylic acids is 1. The fourth-order valence-electron chi connectivity index (χ4n) is 2.76. The monoisotopic (exact) mass is 293 g/mol. The van der Waals surface area contributed by atoms with Gasteiger partial charge in [0.25, 0.3) is 0 Å². The lowest BCUT2D eigenvalue weighted by Gasteiger charge is -2.43. The van der Waals surface area contributed by atoms with Crippen molar-refractivity contribution < 1.29 is 9.18 Å². The molecule has 1 aliphatic rings. The van der Waals surface area contributed by atoms with E-state index in [1.165, 1.54) is 0 Å². The zero-order valence-corrected chi connectivity index (χ0v) is 13.2. The SMILES string of the molecule is CCNC(C)c1ccc(N2CCNC(=O)C2(C)C)c(F)c1. The predicted molar refractivity (Wildman–Crippen MR) is 82.9 cm³/mol. The Morgan fingerprint density at radius 1 is 1.48 bits per heavy atom. The molecule has 0 saturated carbocycles. The molecule has 1 amide bonds. The first kappa shape index (κ1) is 15.8. The Labute approximate surface area is 125 Å². The lowest BCUT2D eigenvalue weighted by molar-refractivity contribution is -0.126. The first-order chi connectivity index (χ1) is 9.87. The molecule has 2 rings (SSSR count). The van der Waals surface area contributed by atoms with E-state index in [-0.39, 0.29) is 17.8 Å². The van der Waals surface area contributed by atoms with Crippen LogP contribution in [0.2, 0.25) is 0 Å². The number of rotatable bonds is 4. The van der Waals surface area contributed by atoms with Gasteiger partial charge in [-0.25, -0.2) is 4.39 Å². The standard InChI is InChI=1S/C16H24FN3O/c1-5-18-11(2)12-6-7-14(13(17)10-12)20-9-8-19-15(21)16(20,3)4/h6-7,10-11,18H,5,8-9H2,1-4H3,(H,19,21). The third kappa shape index (κ3) is 3.02. The van der Waals surface area contributed by atoms with Gasteiger partial charge in [-0.15, -0.1) is 0 Å². The normalized spacial score (nSPS) is 19.3. The van der Waals surface area contributed by atoms with Gasteiger partial charge in [0.2, 0.25) is 5.91 Å². The van der Waals surface area contributed by atoms with Crippen molar-refractivity contribution in [3.05, 3.63) is 29.6 Å². The Bertz CT molecular complexity index is 530. The molecule has 0 aromatic heterocycles. The number of amides is 1. The highest BCUT2D eigenvalue weighted by Crippen LogP contribution is 2.30. The van der Waals surface area contributed by atoms with Gasteiger partial charge in [-0.2, -0.15) is 0 Å². The van der Waals surface area contributed by atoms with E-state index >= 15 is 0 Å². The van der Waals surface area contributed by atoms with E-state index in [9.17, 15) is 9.18 Å². The van der Waals surface area contributed by atoms with Crippen LogP contribution in [0.5, 0.6) is 0 Å². The van der Waals surface area contributed by atoms with E-state index in [1.54, 1.807) is 12.1 Å². The highest BCUT2D eigenvalue weighted by Gasteiger charge is 2.38. The summed E-state index contributed by atoms with van der Waals surface area (Å²) in [7, 11) is 0. The second-order valence-electron chi connectivity index (χ2n) is 5.96. The Balaban J connectivity index is 2.30. The van der Waals surface area contributed by atoms with Crippen molar-refractivity contribution in [2.75, 3.05) is 24.5 Å². The van der Waals surface area contributed by atoms with Crippen LogP contribution >= 0.6 is 0 Å². The summed E-state index contributed by atoms with van der Waals surface area (Å²) in [6.45, 7) is 9.65. The largest absolute Gasteiger partial charge is 0.353 e. The third-order valence-corrected chi connectivity index (χ3v) is 4.12. The van der Waals surface area contributed by atoms with Gasteiger partial charge in [-0.05, 0) is 45.0 Å². The summed E-state index contributed by atoms with van der Waals surface area (Å²) >= 11 is 0. The maximum atomic E-state index is 14.5. The highest BCUT2D eigenvalue weighted by atomic mass is 19.1. The minimum absolute atomic E-state index is 0.0711. The maximum absolute atomic E-state index is 14.5. The maximum Gasteiger partial charge on any atom is 0.245 e. The average molecular weight is 293 g/mol. The Morgan fingerprint density at radius 3 is 2.81 bits per heavy atom. The number of nitrogens with zero attached hydrogens (tertiary/aromatic N) is 1. The molecule has 1 heterocycles. The van der Waals surface area contributed by atoms with Gasteiger partial charge in [0.15, 0.2) is 0 Å². The smallest absolute Gasteiger partial charge is 0.245 e. The van der Waals surface area contributed by atoms with E-state index in [0.29, 0.717) is 18.8 Å².